The van der Waals surface area contributed by atoms with Crippen molar-refractivity contribution in [2.75, 3.05) is 42.5 Å². The number of pyridine rings is 1. The highest BCUT2D eigenvalue weighted by Crippen LogP contribution is 2.36. The summed E-state index contributed by atoms with van der Waals surface area (Å²) in [5.74, 6) is 0.246. The van der Waals surface area contributed by atoms with Crippen molar-refractivity contribution in [3.63, 3.8) is 0 Å². The molecule has 2 fully saturated rings. The van der Waals surface area contributed by atoms with Gasteiger partial charge in [0, 0.05) is 51.0 Å². The third-order valence-corrected chi connectivity index (χ3v) is 7.71. The number of aromatic nitrogens is 1. The SMILES string of the molecule is CCCN1C(=O)/C(=C\c2c(C)c(C#N)c(=O)n(C)c2N2CCN(c3ccc(F)cc3)CC2)SC1=S. The van der Waals surface area contributed by atoms with Gasteiger partial charge < -0.3 is 9.80 Å². The zero-order valence-corrected chi connectivity index (χ0v) is 21.5. The molecule has 0 spiro atoms. The third kappa shape index (κ3) is 4.70. The summed E-state index contributed by atoms with van der Waals surface area (Å²) in [5, 5.41) is 9.66. The summed E-state index contributed by atoms with van der Waals surface area (Å²) in [7, 11) is 1.66. The molecule has 182 valence electrons. The largest absolute Gasteiger partial charge is 0.368 e. The van der Waals surface area contributed by atoms with E-state index in [1.54, 1.807) is 37.1 Å². The molecule has 4 rings (SSSR count). The molecule has 2 aliphatic rings. The number of thioether (sulfide) groups is 1. The van der Waals surface area contributed by atoms with Crippen LogP contribution >= 0.6 is 24.0 Å². The molecule has 10 heteroatoms. The van der Waals surface area contributed by atoms with Crippen LogP contribution in [0.2, 0.25) is 0 Å². The van der Waals surface area contributed by atoms with Gasteiger partial charge in [-0.2, -0.15) is 5.26 Å². The molecule has 7 nitrogen and oxygen atoms in total. The minimum absolute atomic E-state index is 0.0662. The standard InChI is InChI=1S/C25H26FN5O2S2/c1-4-9-31-24(33)21(35-25(31)34)14-19-16(2)20(15-27)23(32)28(3)22(19)30-12-10-29(11-13-30)18-7-5-17(26)6-8-18/h5-8,14H,4,9-13H2,1-3H3/b21-14+. The van der Waals surface area contributed by atoms with E-state index in [1.165, 1.54) is 28.5 Å². The van der Waals surface area contributed by atoms with Crippen molar-refractivity contribution in [2.45, 2.75) is 20.3 Å². The van der Waals surface area contributed by atoms with E-state index in [0.29, 0.717) is 58.9 Å². The van der Waals surface area contributed by atoms with E-state index in [2.05, 4.69) is 9.80 Å². The van der Waals surface area contributed by atoms with Crippen LogP contribution in [0.4, 0.5) is 15.9 Å². The van der Waals surface area contributed by atoms with E-state index in [4.69, 9.17) is 12.2 Å². The van der Waals surface area contributed by atoms with E-state index in [1.807, 2.05) is 13.0 Å². The van der Waals surface area contributed by atoms with E-state index in [-0.39, 0.29) is 22.8 Å². The number of benzene rings is 1. The van der Waals surface area contributed by atoms with E-state index >= 15 is 0 Å². The van der Waals surface area contributed by atoms with Crippen molar-refractivity contribution in [2.24, 2.45) is 7.05 Å². The number of hydrogen-bond acceptors (Lipinski definition) is 7. The van der Waals surface area contributed by atoms with Crippen LogP contribution in [-0.2, 0) is 11.8 Å². The Balaban J connectivity index is 1.72. The van der Waals surface area contributed by atoms with E-state index in [9.17, 15) is 19.2 Å². The number of thiocarbonyl (C=S) groups is 1. The topological polar surface area (TPSA) is 72.6 Å². The Morgan fingerprint density at radius 3 is 2.37 bits per heavy atom. The lowest BCUT2D eigenvalue weighted by Gasteiger charge is -2.38. The average molecular weight is 512 g/mol. The van der Waals surface area contributed by atoms with Crippen molar-refractivity contribution in [1.82, 2.24) is 9.47 Å². The summed E-state index contributed by atoms with van der Waals surface area (Å²) in [5.41, 5.74) is 1.87. The summed E-state index contributed by atoms with van der Waals surface area (Å²) in [6.07, 6.45) is 2.56. The van der Waals surface area contributed by atoms with Crippen LogP contribution in [0.15, 0.2) is 34.0 Å². The number of carbonyl (C=O) groups is 1. The van der Waals surface area contributed by atoms with Gasteiger partial charge in [-0.25, -0.2) is 4.39 Å². The molecule has 0 atom stereocenters. The lowest BCUT2D eigenvalue weighted by molar-refractivity contribution is -0.122. The van der Waals surface area contributed by atoms with Crippen molar-refractivity contribution < 1.29 is 9.18 Å². The number of halogens is 1. The van der Waals surface area contributed by atoms with Crippen molar-refractivity contribution in [1.29, 1.82) is 5.26 Å². The number of amides is 1. The number of hydrogen-bond donors (Lipinski definition) is 0. The zero-order valence-electron chi connectivity index (χ0n) is 19.9. The average Bonchev–Trinajstić information content (AvgIpc) is 3.11. The molecule has 0 aliphatic carbocycles. The highest BCUT2D eigenvalue weighted by atomic mass is 32.2. The van der Waals surface area contributed by atoms with Crippen LogP contribution in [-0.4, -0.2) is 52.4 Å². The molecule has 0 unspecified atom stereocenters. The summed E-state index contributed by atoms with van der Waals surface area (Å²) in [6.45, 7) is 6.88. The van der Waals surface area contributed by atoms with Gasteiger partial charge in [0.05, 0.1) is 4.91 Å². The molecular weight excluding hydrogens is 485 g/mol. The molecule has 0 N–H and O–H groups in total. The number of nitrogens with zero attached hydrogens (tertiary/aromatic N) is 5. The van der Waals surface area contributed by atoms with Gasteiger partial charge in [-0.05, 0) is 49.2 Å². The van der Waals surface area contributed by atoms with Crippen LogP contribution in [0.3, 0.4) is 0 Å². The fourth-order valence-corrected chi connectivity index (χ4v) is 5.76. The van der Waals surface area contributed by atoms with Crippen LogP contribution in [0, 0.1) is 24.1 Å². The molecule has 1 amide bonds. The molecular formula is C25H26FN5O2S2. The van der Waals surface area contributed by atoms with Crippen LogP contribution in [0.1, 0.15) is 30.0 Å². The predicted octanol–water partition coefficient (Wildman–Crippen LogP) is 3.64. The number of anilines is 2. The maximum atomic E-state index is 13.3. The molecule has 0 saturated carbocycles. The monoisotopic (exact) mass is 511 g/mol. The summed E-state index contributed by atoms with van der Waals surface area (Å²) < 4.78 is 15.3. The number of rotatable bonds is 5. The van der Waals surface area contributed by atoms with Gasteiger partial charge in [0.1, 0.15) is 27.6 Å². The minimum Gasteiger partial charge on any atom is -0.368 e. The Bertz CT molecular complexity index is 1310. The van der Waals surface area contributed by atoms with Gasteiger partial charge >= 0.3 is 0 Å². The molecule has 3 heterocycles. The van der Waals surface area contributed by atoms with Crippen molar-refractivity contribution in [3.05, 3.63) is 62.0 Å². The van der Waals surface area contributed by atoms with Gasteiger partial charge in [-0.15, -0.1) is 0 Å². The Morgan fingerprint density at radius 2 is 1.77 bits per heavy atom. The van der Waals surface area contributed by atoms with Crippen molar-refractivity contribution >= 4 is 51.8 Å². The lowest BCUT2D eigenvalue weighted by atomic mass is 10.0. The highest BCUT2D eigenvalue weighted by Gasteiger charge is 2.33. The highest BCUT2D eigenvalue weighted by molar-refractivity contribution is 8.26. The molecule has 1 aromatic heterocycles. The molecule has 0 radical (unpaired) electrons. The van der Waals surface area contributed by atoms with Crippen LogP contribution < -0.4 is 15.4 Å². The smallest absolute Gasteiger partial charge is 0.270 e. The first kappa shape index (κ1) is 24.9. The van der Waals surface area contributed by atoms with E-state index < -0.39 is 0 Å². The fourth-order valence-electron chi connectivity index (χ4n) is 4.47. The first-order valence-corrected chi connectivity index (χ1v) is 12.6. The van der Waals surface area contributed by atoms with Gasteiger partial charge in [0.25, 0.3) is 11.5 Å². The zero-order chi connectivity index (χ0) is 25.3. The molecule has 1 aromatic carbocycles. The van der Waals surface area contributed by atoms with Gasteiger partial charge in [0.2, 0.25) is 0 Å². The first-order valence-electron chi connectivity index (χ1n) is 11.4. The van der Waals surface area contributed by atoms with Crippen molar-refractivity contribution in [3.8, 4) is 6.07 Å². The van der Waals surface area contributed by atoms with Gasteiger partial charge in [-0.3, -0.25) is 19.1 Å². The van der Waals surface area contributed by atoms with Gasteiger partial charge in [-0.1, -0.05) is 30.9 Å². The molecule has 35 heavy (non-hydrogen) atoms. The molecule has 2 aromatic rings. The summed E-state index contributed by atoms with van der Waals surface area (Å²) in [6, 6.07) is 8.45. The second-order valence-corrected chi connectivity index (χ2v) is 10.2. The van der Waals surface area contributed by atoms with E-state index in [0.717, 1.165) is 12.1 Å². The normalized spacial score (nSPS) is 17.5. The minimum atomic E-state index is -0.364. The third-order valence-electron chi connectivity index (χ3n) is 6.34. The lowest BCUT2D eigenvalue weighted by Crippen LogP contribution is -2.48. The second kappa shape index (κ2) is 10.2. The van der Waals surface area contributed by atoms with Gasteiger partial charge in [0.15, 0.2) is 0 Å². The van der Waals surface area contributed by atoms with Crippen LogP contribution in [0.5, 0.6) is 0 Å². The number of nitriles is 1. The Kier molecular flexibility index (Phi) is 7.28. The summed E-state index contributed by atoms with van der Waals surface area (Å²) >= 11 is 6.65. The predicted molar refractivity (Wildman–Crippen MR) is 142 cm³/mol. The molecule has 0 bridgehead atoms. The second-order valence-electron chi connectivity index (χ2n) is 8.50. The first-order chi connectivity index (χ1) is 16.8. The maximum Gasteiger partial charge on any atom is 0.270 e. The quantitative estimate of drug-likeness (QED) is 0.448. The number of carbonyl (C=O) groups excluding carboxylic acids is 1. The maximum absolute atomic E-state index is 13.3. The summed E-state index contributed by atoms with van der Waals surface area (Å²) in [4.78, 5) is 32.4. The fraction of sp³-hybridized carbons (Fsp3) is 0.360. The van der Waals surface area contributed by atoms with Crippen LogP contribution in [0.25, 0.3) is 6.08 Å². The number of piperazine rings is 1. The Labute approximate surface area is 213 Å². The Morgan fingerprint density at radius 1 is 1.14 bits per heavy atom. The molecule has 2 saturated heterocycles. The Hall–Kier alpha value is -3.16. The molecule has 2 aliphatic heterocycles.